The Labute approximate surface area is 150 Å². The fourth-order valence-corrected chi connectivity index (χ4v) is 2.24. The zero-order valence-corrected chi connectivity index (χ0v) is 14.1. The molecule has 1 aromatic heterocycles. The lowest BCUT2D eigenvalue weighted by molar-refractivity contribution is -0.404. The molecule has 12 heteroatoms. The second-order valence-electron chi connectivity index (χ2n) is 5.31. The lowest BCUT2D eigenvalue weighted by Crippen LogP contribution is -1.97. The van der Waals surface area contributed by atoms with Crippen molar-refractivity contribution in [2.75, 3.05) is 0 Å². The third-order valence-electron chi connectivity index (χ3n) is 3.67. The van der Waals surface area contributed by atoms with Crippen LogP contribution >= 0.6 is 0 Å². The average Bonchev–Trinajstić information content (AvgIpc) is 2.89. The number of nitro benzene ring substituents is 3. The van der Waals surface area contributed by atoms with E-state index in [2.05, 4.69) is 15.6 Å². The van der Waals surface area contributed by atoms with Gasteiger partial charge in [0.05, 0.1) is 37.9 Å². The monoisotopic (exact) mass is 375 g/mol. The highest BCUT2D eigenvalue weighted by Gasteiger charge is 2.30. The van der Waals surface area contributed by atoms with Crippen LogP contribution in [0.4, 0.5) is 17.1 Å². The molecule has 27 heavy (non-hydrogen) atoms. The van der Waals surface area contributed by atoms with E-state index >= 15 is 0 Å². The molecule has 0 saturated heterocycles. The zero-order chi connectivity index (χ0) is 20.3. The SMILES string of the molecule is Cc1nc2ccccc2n1C.O=[N+]([O-])c1cc([N+](=O)[O-])c(O)c([N+](=O)[O-])c1. The number of hydrogen-bond acceptors (Lipinski definition) is 8. The molecule has 1 heterocycles. The van der Waals surface area contributed by atoms with Gasteiger partial charge in [-0.05, 0) is 19.1 Å². The Hall–Kier alpha value is -4.09. The standard InChI is InChI=1S/C9H10N2.C6H3N3O7/c1-7-10-8-5-3-4-6-9(8)11(7)2;10-6-4(8(13)14)1-3(7(11)12)2-5(6)9(15)16/h3-6H,1-2H3;1-2,10H. The van der Waals surface area contributed by atoms with E-state index in [0.29, 0.717) is 12.1 Å². The maximum atomic E-state index is 10.4. The molecule has 12 nitrogen and oxygen atoms in total. The number of aromatic nitrogens is 2. The van der Waals surface area contributed by atoms with Crippen LogP contribution in [0.25, 0.3) is 11.0 Å². The van der Waals surface area contributed by atoms with Crippen LogP contribution in [0.3, 0.4) is 0 Å². The highest BCUT2D eigenvalue weighted by Crippen LogP contribution is 2.38. The van der Waals surface area contributed by atoms with E-state index in [1.165, 1.54) is 5.52 Å². The Kier molecular flexibility index (Phi) is 5.29. The molecule has 0 unspecified atom stereocenters. The number of imidazole rings is 1. The molecular formula is C15H13N5O7. The van der Waals surface area contributed by atoms with Crippen LogP contribution in [0.1, 0.15) is 5.82 Å². The summed E-state index contributed by atoms with van der Waals surface area (Å²) in [5, 5.41) is 40.2. The van der Waals surface area contributed by atoms with Crippen molar-refractivity contribution in [1.82, 2.24) is 9.55 Å². The fraction of sp³-hybridized carbons (Fsp3) is 0.133. The minimum atomic E-state index is -1.21. The van der Waals surface area contributed by atoms with Crippen molar-refractivity contribution in [2.24, 2.45) is 7.05 Å². The summed E-state index contributed by atoms with van der Waals surface area (Å²) in [6.45, 7) is 2.01. The summed E-state index contributed by atoms with van der Waals surface area (Å²) in [7, 11) is 2.03. The van der Waals surface area contributed by atoms with Gasteiger partial charge in [-0.3, -0.25) is 30.3 Å². The van der Waals surface area contributed by atoms with E-state index in [-0.39, 0.29) is 0 Å². The smallest absolute Gasteiger partial charge is 0.324 e. The summed E-state index contributed by atoms with van der Waals surface area (Å²) in [5.74, 6) is -0.146. The van der Waals surface area contributed by atoms with Crippen molar-refractivity contribution in [3.8, 4) is 5.75 Å². The molecule has 2 aromatic carbocycles. The van der Waals surface area contributed by atoms with Crippen LogP contribution in [-0.2, 0) is 7.05 Å². The number of aromatic hydroxyl groups is 1. The summed E-state index contributed by atoms with van der Waals surface area (Å²) in [6.07, 6.45) is 0. The highest BCUT2D eigenvalue weighted by atomic mass is 16.6. The predicted octanol–water partition coefficient (Wildman–Crippen LogP) is 3.00. The maximum Gasteiger partial charge on any atom is 0.324 e. The number of para-hydroxylation sites is 2. The van der Waals surface area contributed by atoms with Gasteiger partial charge in [-0.25, -0.2) is 4.98 Å². The van der Waals surface area contributed by atoms with Gasteiger partial charge >= 0.3 is 11.4 Å². The first kappa shape index (κ1) is 19.2. The maximum absolute atomic E-state index is 10.4. The third-order valence-corrected chi connectivity index (χ3v) is 3.67. The Bertz CT molecular complexity index is 1020. The van der Waals surface area contributed by atoms with Gasteiger partial charge in [0.2, 0.25) is 0 Å². The van der Waals surface area contributed by atoms with Gasteiger partial charge in [-0.1, -0.05) is 12.1 Å². The minimum Gasteiger partial charge on any atom is -0.497 e. The third kappa shape index (κ3) is 3.95. The predicted molar refractivity (Wildman–Crippen MR) is 93.5 cm³/mol. The minimum absolute atomic E-state index is 0.447. The van der Waals surface area contributed by atoms with Crippen LogP contribution < -0.4 is 0 Å². The van der Waals surface area contributed by atoms with Crippen molar-refractivity contribution >= 4 is 28.1 Å². The number of fused-ring (bicyclic) bond motifs is 1. The van der Waals surface area contributed by atoms with Crippen LogP contribution in [0.2, 0.25) is 0 Å². The number of benzene rings is 2. The van der Waals surface area contributed by atoms with E-state index < -0.39 is 37.6 Å². The molecule has 1 N–H and O–H groups in total. The molecule has 0 spiro atoms. The van der Waals surface area contributed by atoms with Crippen LogP contribution in [0.5, 0.6) is 5.75 Å². The quantitative estimate of drug-likeness (QED) is 0.538. The number of nitrogens with zero attached hydrogens (tertiary/aromatic N) is 5. The van der Waals surface area contributed by atoms with E-state index in [1.54, 1.807) is 0 Å². The lowest BCUT2D eigenvalue weighted by Gasteiger charge is -1.97. The first-order chi connectivity index (χ1) is 12.6. The van der Waals surface area contributed by atoms with Crippen LogP contribution in [0.15, 0.2) is 36.4 Å². The number of non-ortho nitro benzene ring substituents is 1. The first-order valence-corrected chi connectivity index (χ1v) is 7.31. The summed E-state index contributed by atoms with van der Waals surface area (Å²) < 4.78 is 2.09. The molecule has 0 aliphatic carbocycles. The zero-order valence-electron chi connectivity index (χ0n) is 14.1. The van der Waals surface area contributed by atoms with Crippen molar-refractivity contribution in [1.29, 1.82) is 0 Å². The molecule has 3 aromatic rings. The first-order valence-electron chi connectivity index (χ1n) is 7.31. The van der Waals surface area contributed by atoms with Gasteiger partial charge in [0, 0.05) is 7.05 Å². The number of hydrogen-bond donors (Lipinski definition) is 1. The second-order valence-corrected chi connectivity index (χ2v) is 5.31. The van der Waals surface area contributed by atoms with Crippen molar-refractivity contribution < 1.29 is 19.9 Å². The van der Waals surface area contributed by atoms with Gasteiger partial charge in [0.25, 0.3) is 11.4 Å². The number of nitro groups is 3. The number of rotatable bonds is 3. The summed E-state index contributed by atoms with van der Waals surface area (Å²) in [6, 6.07) is 9.04. The number of aryl methyl sites for hydroxylation is 2. The normalized spacial score (nSPS) is 10.1. The molecule has 0 radical (unpaired) electrons. The van der Waals surface area contributed by atoms with E-state index in [1.807, 2.05) is 32.2 Å². The van der Waals surface area contributed by atoms with Crippen molar-refractivity contribution in [2.45, 2.75) is 6.92 Å². The number of phenols is 1. The average molecular weight is 375 g/mol. The summed E-state index contributed by atoms with van der Waals surface area (Å²) in [4.78, 5) is 32.1. The van der Waals surface area contributed by atoms with E-state index in [9.17, 15) is 30.3 Å². The molecule has 140 valence electrons. The molecule has 0 atom stereocenters. The highest BCUT2D eigenvalue weighted by molar-refractivity contribution is 5.75. The molecular weight excluding hydrogens is 362 g/mol. The molecule has 0 fully saturated rings. The van der Waals surface area contributed by atoms with E-state index in [0.717, 1.165) is 11.3 Å². The Morgan fingerprint density at radius 1 is 0.963 bits per heavy atom. The molecule has 3 rings (SSSR count). The van der Waals surface area contributed by atoms with E-state index in [4.69, 9.17) is 5.11 Å². The Morgan fingerprint density at radius 3 is 1.93 bits per heavy atom. The van der Waals surface area contributed by atoms with Crippen LogP contribution in [0, 0.1) is 37.3 Å². The number of phenolic OH excluding ortho intramolecular Hbond substituents is 1. The topological polar surface area (TPSA) is 167 Å². The summed E-state index contributed by atoms with van der Waals surface area (Å²) >= 11 is 0. The van der Waals surface area contributed by atoms with Gasteiger partial charge < -0.3 is 9.67 Å². The molecule has 0 bridgehead atoms. The Balaban J connectivity index is 0.000000206. The summed E-state index contributed by atoms with van der Waals surface area (Å²) in [5.41, 5.74) is -0.726. The van der Waals surface area contributed by atoms with Crippen molar-refractivity contribution in [3.63, 3.8) is 0 Å². The molecule has 0 saturated carbocycles. The van der Waals surface area contributed by atoms with Crippen molar-refractivity contribution in [3.05, 3.63) is 72.6 Å². The largest absolute Gasteiger partial charge is 0.497 e. The van der Waals surface area contributed by atoms with Gasteiger partial charge in [0.15, 0.2) is 0 Å². The Morgan fingerprint density at radius 2 is 1.48 bits per heavy atom. The van der Waals surface area contributed by atoms with Gasteiger partial charge in [0.1, 0.15) is 5.82 Å². The molecule has 0 amide bonds. The molecule has 0 aliphatic heterocycles. The lowest BCUT2D eigenvalue weighted by atomic mass is 10.2. The second kappa shape index (κ2) is 7.43. The fourth-order valence-electron chi connectivity index (χ4n) is 2.24. The molecule has 0 aliphatic rings. The van der Waals surface area contributed by atoms with Gasteiger partial charge in [-0.2, -0.15) is 0 Å². The van der Waals surface area contributed by atoms with Gasteiger partial charge in [-0.15, -0.1) is 0 Å². The van der Waals surface area contributed by atoms with Crippen LogP contribution in [-0.4, -0.2) is 29.4 Å².